The molecule has 1 aliphatic carbocycles. The largest absolute Gasteiger partial charge is 0.480 e. The second-order valence-electron chi connectivity index (χ2n) is 4.65. The topological polar surface area (TPSA) is 66.4 Å². The van der Waals surface area contributed by atoms with Gasteiger partial charge in [-0.25, -0.2) is 0 Å². The quantitative estimate of drug-likeness (QED) is 0.644. The molecule has 5 heteroatoms. The van der Waals surface area contributed by atoms with E-state index in [4.69, 9.17) is 0 Å². The molecule has 18 heavy (non-hydrogen) atoms. The van der Waals surface area contributed by atoms with Gasteiger partial charge in [0.15, 0.2) is 0 Å². The van der Waals surface area contributed by atoms with Crippen LogP contribution in [0.15, 0.2) is 18.2 Å². The number of amides is 1. The number of aliphatic carboxylic acids is 1. The Bertz CT molecular complexity index is 509. The van der Waals surface area contributed by atoms with E-state index in [1.807, 2.05) is 25.1 Å². The first-order chi connectivity index (χ1) is 8.45. The normalized spacial score (nSPS) is 16.8. The van der Waals surface area contributed by atoms with E-state index < -0.39 is 17.3 Å². The lowest BCUT2D eigenvalue weighted by Crippen LogP contribution is -2.48. The Kier molecular flexibility index (Phi) is 3.61. The number of halogens is 1. The summed E-state index contributed by atoms with van der Waals surface area (Å²) in [6.45, 7) is 1.89. The zero-order valence-corrected chi connectivity index (χ0v) is 12.2. The van der Waals surface area contributed by atoms with Crippen molar-refractivity contribution >= 4 is 40.2 Å². The monoisotopic (exact) mass is 359 g/mol. The highest BCUT2D eigenvalue weighted by molar-refractivity contribution is 14.1. The van der Waals surface area contributed by atoms with Gasteiger partial charge in [0.1, 0.15) is 5.41 Å². The third-order valence-corrected chi connectivity index (χ3v) is 4.17. The third kappa shape index (κ3) is 2.23. The number of rotatable bonds is 3. The van der Waals surface area contributed by atoms with E-state index in [0.717, 1.165) is 15.6 Å². The van der Waals surface area contributed by atoms with Gasteiger partial charge in [-0.05, 0) is 60.1 Å². The van der Waals surface area contributed by atoms with E-state index in [1.165, 1.54) is 0 Å². The van der Waals surface area contributed by atoms with Crippen molar-refractivity contribution in [3.63, 3.8) is 0 Å². The SMILES string of the molecule is Cc1ccc(I)cc1NC(=O)C1(C(=O)O)CCC1. The summed E-state index contributed by atoms with van der Waals surface area (Å²) in [4.78, 5) is 23.4. The zero-order chi connectivity index (χ0) is 13.3. The number of carbonyl (C=O) groups excluding carboxylic acids is 1. The molecule has 1 fully saturated rings. The minimum absolute atomic E-state index is 0.397. The molecular weight excluding hydrogens is 345 g/mol. The van der Waals surface area contributed by atoms with Gasteiger partial charge >= 0.3 is 5.97 Å². The summed E-state index contributed by atoms with van der Waals surface area (Å²) in [5.74, 6) is -1.42. The molecule has 1 aliphatic rings. The molecule has 0 spiro atoms. The van der Waals surface area contributed by atoms with Gasteiger partial charge in [-0.3, -0.25) is 9.59 Å². The molecule has 0 heterocycles. The first-order valence-corrected chi connectivity index (χ1v) is 6.84. The number of hydrogen-bond donors (Lipinski definition) is 2. The highest BCUT2D eigenvalue weighted by atomic mass is 127. The molecule has 1 aromatic rings. The van der Waals surface area contributed by atoms with Gasteiger partial charge in [-0.15, -0.1) is 0 Å². The summed E-state index contributed by atoms with van der Waals surface area (Å²) >= 11 is 2.16. The highest BCUT2D eigenvalue weighted by Crippen LogP contribution is 2.42. The van der Waals surface area contributed by atoms with Crippen LogP contribution in [0.3, 0.4) is 0 Å². The fourth-order valence-electron chi connectivity index (χ4n) is 2.04. The molecule has 0 saturated heterocycles. The Morgan fingerprint density at radius 1 is 1.39 bits per heavy atom. The van der Waals surface area contributed by atoms with Crippen LogP contribution in [0.5, 0.6) is 0 Å². The average molecular weight is 359 g/mol. The second-order valence-corrected chi connectivity index (χ2v) is 5.90. The predicted molar refractivity (Wildman–Crippen MR) is 76.4 cm³/mol. The van der Waals surface area contributed by atoms with E-state index in [2.05, 4.69) is 27.9 Å². The van der Waals surface area contributed by atoms with E-state index in [-0.39, 0.29) is 0 Å². The summed E-state index contributed by atoms with van der Waals surface area (Å²) in [5.41, 5.74) is 0.413. The van der Waals surface area contributed by atoms with Crippen LogP contribution in [0.2, 0.25) is 0 Å². The van der Waals surface area contributed by atoms with Crippen molar-refractivity contribution in [3.8, 4) is 0 Å². The van der Waals surface area contributed by atoms with Gasteiger partial charge in [0, 0.05) is 9.26 Å². The summed E-state index contributed by atoms with van der Waals surface area (Å²) in [6, 6.07) is 5.70. The van der Waals surface area contributed by atoms with Crippen molar-refractivity contribution in [2.24, 2.45) is 5.41 Å². The van der Waals surface area contributed by atoms with Crippen LogP contribution in [0.4, 0.5) is 5.69 Å². The molecule has 0 unspecified atom stereocenters. The summed E-state index contributed by atoms with van der Waals surface area (Å²) in [5, 5.41) is 11.9. The smallest absolute Gasteiger partial charge is 0.319 e. The third-order valence-electron chi connectivity index (χ3n) is 3.50. The van der Waals surface area contributed by atoms with Crippen LogP contribution in [0.1, 0.15) is 24.8 Å². The fourth-order valence-corrected chi connectivity index (χ4v) is 2.53. The molecule has 0 aliphatic heterocycles. The number of carboxylic acid groups (broad SMARTS) is 1. The average Bonchev–Trinajstić information content (AvgIpc) is 2.21. The molecule has 0 atom stereocenters. The second kappa shape index (κ2) is 4.87. The number of carbonyl (C=O) groups is 2. The highest BCUT2D eigenvalue weighted by Gasteiger charge is 2.51. The summed E-state index contributed by atoms with van der Waals surface area (Å²) in [6.07, 6.45) is 1.65. The first-order valence-electron chi connectivity index (χ1n) is 5.77. The lowest BCUT2D eigenvalue weighted by Gasteiger charge is -2.35. The molecule has 96 valence electrons. The number of aryl methyl sites for hydroxylation is 1. The Hall–Kier alpha value is -1.11. The molecule has 2 rings (SSSR count). The fraction of sp³-hybridized carbons (Fsp3) is 0.385. The van der Waals surface area contributed by atoms with Crippen molar-refractivity contribution in [1.82, 2.24) is 0 Å². The molecule has 1 saturated carbocycles. The zero-order valence-electron chi connectivity index (χ0n) is 10.00. The van der Waals surface area contributed by atoms with Crippen LogP contribution in [0, 0.1) is 15.9 Å². The molecule has 1 amide bonds. The maximum absolute atomic E-state index is 12.1. The molecule has 2 N–H and O–H groups in total. The predicted octanol–water partition coefficient (Wildman–Crippen LogP) is 2.79. The van der Waals surface area contributed by atoms with E-state index >= 15 is 0 Å². The van der Waals surface area contributed by atoms with Crippen molar-refractivity contribution in [2.75, 3.05) is 5.32 Å². The van der Waals surface area contributed by atoms with Gasteiger partial charge in [0.05, 0.1) is 0 Å². The number of hydrogen-bond acceptors (Lipinski definition) is 2. The van der Waals surface area contributed by atoms with Crippen molar-refractivity contribution in [2.45, 2.75) is 26.2 Å². The summed E-state index contributed by atoms with van der Waals surface area (Å²) in [7, 11) is 0. The minimum Gasteiger partial charge on any atom is -0.480 e. The molecule has 0 aromatic heterocycles. The molecule has 4 nitrogen and oxygen atoms in total. The van der Waals surface area contributed by atoms with Crippen LogP contribution in [-0.4, -0.2) is 17.0 Å². The molecular formula is C13H14INO3. The van der Waals surface area contributed by atoms with Gasteiger partial charge in [0.25, 0.3) is 0 Å². The van der Waals surface area contributed by atoms with Crippen molar-refractivity contribution in [1.29, 1.82) is 0 Å². The minimum atomic E-state index is -1.21. The van der Waals surface area contributed by atoms with Crippen LogP contribution < -0.4 is 5.32 Å². The van der Waals surface area contributed by atoms with E-state index in [0.29, 0.717) is 18.5 Å². The number of carboxylic acids is 1. The van der Waals surface area contributed by atoms with Crippen LogP contribution >= 0.6 is 22.6 Å². The number of anilines is 1. The van der Waals surface area contributed by atoms with Crippen LogP contribution in [-0.2, 0) is 9.59 Å². The van der Waals surface area contributed by atoms with Crippen LogP contribution in [0.25, 0.3) is 0 Å². The van der Waals surface area contributed by atoms with Crippen molar-refractivity contribution < 1.29 is 14.7 Å². The lowest BCUT2D eigenvalue weighted by atomic mass is 9.68. The maximum atomic E-state index is 12.1. The molecule has 0 radical (unpaired) electrons. The molecule has 1 aromatic carbocycles. The van der Waals surface area contributed by atoms with Gasteiger partial charge in [-0.1, -0.05) is 12.5 Å². The summed E-state index contributed by atoms with van der Waals surface area (Å²) < 4.78 is 1.01. The lowest BCUT2D eigenvalue weighted by molar-refractivity contribution is -0.159. The number of nitrogens with one attached hydrogen (secondary N) is 1. The molecule has 0 bridgehead atoms. The van der Waals surface area contributed by atoms with Gasteiger partial charge in [-0.2, -0.15) is 0 Å². The Balaban J connectivity index is 2.21. The standard InChI is InChI=1S/C13H14INO3/c1-8-3-4-9(14)7-10(8)15-11(16)13(12(17)18)5-2-6-13/h3-4,7H,2,5-6H2,1H3,(H,15,16)(H,17,18). The Morgan fingerprint density at radius 2 is 2.06 bits per heavy atom. The number of benzene rings is 1. The Labute approximate surface area is 119 Å². The van der Waals surface area contributed by atoms with Gasteiger partial charge < -0.3 is 10.4 Å². The Morgan fingerprint density at radius 3 is 2.56 bits per heavy atom. The first kappa shape index (κ1) is 13.3. The van der Waals surface area contributed by atoms with E-state index in [1.54, 1.807) is 0 Å². The maximum Gasteiger partial charge on any atom is 0.319 e. The van der Waals surface area contributed by atoms with Crippen molar-refractivity contribution in [3.05, 3.63) is 27.3 Å². The van der Waals surface area contributed by atoms with Gasteiger partial charge in [0.2, 0.25) is 5.91 Å². The van der Waals surface area contributed by atoms with E-state index in [9.17, 15) is 14.7 Å².